The number of carbonyl (C=O) groups is 2. The Morgan fingerprint density at radius 3 is 2.22 bits per heavy atom. The average Bonchev–Trinajstić information content (AvgIpc) is 2.83. The molecular formula is C31H45NO5. The van der Waals surface area contributed by atoms with Crippen LogP contribution in [0.2, 0.25) is 0 Å². The van der Waals surface area contributed by atoms with E-state index in [1.165, 1.54) is 18.3 Å². The maximum absolute atomic E-state index is 12.7. The first-order valence-electron chi connectivity index (χ1n) is 12.9. The Labute approximate surface area is 223 Å². The van der Waals surface area contributed by atoms with Gasteiger partial charge in [0.05, 0.1) is 7.11 Å². The summed E-state index contributed by atoms with van der Waals surface area (Å²) in [7, 11) is 1.50. The summed E-state index contributed by atoms with van der Waals surface area (Å²) in [6.07, 6.45) is 12.2. The second-order valence-corrected chi connectivity index (χ2v) is 9.82. The van der Waals surface area contributed by atoms with E-state index in [0.717, 1.165) is 36.8 Å². The SMILES string of the molecule is C=CCc1ccc(OC(=O)N[C@H](C(=O)OC/C=C(\C)CC/C=C(\C)CCC=C(C)C)C(C)C)c(OC)c1. The lowest BCUT2D eigenvalue weighted by Gasteiger charge is -2.20. The number of nitrogens with one attached hydrogen (secondary N) is 1. The van der Waals surface area contributed by atoms with Crippen molar-refractivity contribution in [1.82, 2.24) is 5.32 Å². The van der Waals surface area contributed by atoms with Gasteiger partial charge in [-0.15, -0.1) is 6.58 Å². The van der Waals surface area contributed by atoms with E-state index >= 15 is 0 Å². The van der Waals surface area contributed by atoms with Crippen LogP contribution in [0.25, 0.3) is 0 Å². The van der Waals surface area contributed by atoms with Crippen molar-refractivity contribution in [2.45, 2.75) is 79.7 Å². The number of hydrogen-bond donors (Lipinski definition) is 1. The number of hydrogen-bond acceptors (Lipinski definition) is 5. The molecule has 0 saturated heterocycles. The Bertz CT molecular complexity index is 983. The molecule has 1 N–H and O–H groups in total. The molecule has 6 nitrogen and oxygen atoms in total. The van der Waals surface area contributed by atoms with Crippen LogP contribution in [-0.2, 0) is 16.0 Å². The van der Waals surface area contributed by atoms with Crippen molar-refractivity contribution < 1.29 is 23.8 Å². The third-order valence-electron chi connectivity index (χ3n) is 5.78. The van der Waals surface area contributed by atoms with Crippen molar-refractivity contribution in [3.8, 4) is 11.5 Å². The quantitative estimate of drug-likeness (QED) is 0.195. The molecule has 37 heavy (non-hydrogen) atoms. The van der Waals surface area contributed by atoms with Gasteiger partial charge in [0.25, 0.3) is 0 Å². The van der Waals surface area contributed by atoms with Crippen LogP contribution >= 0.6 is 0 Å². The highest BCUT2D eigenvalue weighted by atomic mass is 16.6. The molecule has 0 spiro atoms. The average molecular weight is 512 g/mol. The predicted molar refractivity (Wildman–Crippen MR) is 151 cm³/mol. The molecule has 204 valence electrons. The minimum absolute atomic E-state index is 0.159. The smallest absolute Gasteiger partial charge is 0.413 e. The van der Waals surface area contributed by atoms with Gasteiger partial charge >= 0.3 is 12.1 Å². The lowest BCUT2D eigenvalue weighted by atomic mass is 10.1. The zero-order valence-electron chi connectivity index (χ0n) is 23.7. The molecule has 0 unspecified atom stereocenters. The number of carbonyl (C=O) groups excluding carboxylic acids is 2. The summed E-state index contributed by atoms with van der Waals surface area (Å²) in [6.45, 7) is 16.0. The van der Waals surface area contributed by atoms with Crippen molar-refractivity contribution >= 4 is 12.1 Å². The zero-order valence-corrected chi connectivity index (χ0v) is 23.7. The molecule has 6 heteroatoms. The number of methoxy groups -OCH3 is 1. The summed E-state index contributed by atoms with van der Waals surface area (Å²) >= 11 is 0. The molecule has 0 radical (unpaired) electrons. The summed E-state index contributed by atoms with van der Waals surface area (Å²) in [6, 6.07) is 4.44. The third kappa shape index (κ3) is 13.0. The van der Waals surface area contributed by atoms with Gasteiger partial charge in [-0.05, 0) is 89.5 Å². The molecular weight excluding hydrogens is 466 g/mol. The molecule has 0 aliphatic heterocycles. The molecule has 1 atom stereocenters. The number of amides is 1. The van der Waals surface area contributed by atoms with Crippen LogP contribution in [0.1, 0.15) is 72.8 Å². The van der Waals surface area contributed by atoms with E-state index in [1.54, 1.807) is 18.2 Å². The Kier molecular flexibility index (Phi) is 14.8. The molecule has 1 rings (SSSR count). The van der Waals surface area contributed by atoms with Crippen LogP contribution < -0.4 is 14.8 Å². The predicted octanol–water partition coefficient (Wildman–Crippen LogP) is 7.50. The van der Waals surface area contributed by atoms with Gasteiger partial charge in [0.2, 0.25) is 0 Å². The first kappa shape index (κ1) is 31.7. The van der Waals surface area contributed by atoms with E-state index < -0.39 is 18.1 Å². The fourth-order valence-electron chi connectivity index (χ4n) is 3.54. The van der Waals surface area contributed by atoms with Gasteiger partial charge in [-0.3, -0.25) is 0 Å². The van der Waals surface area contributed by atoms with Gasteiger partial charge in [0.1, 0.15) is 12.6 Å². The van der Waals surface area contributed by atoms with Gasteiger partial charge in [-0.2, -0.15) is 0 Å². The van der Waals surface area contributed by atoms with E-state index in [-0.39, 0.29) is 18.3 Å². The van der Waals surface area contributed by atoms with Crippen molar-refractivity contribution in [3.05, 3.63) is 71.4 Å². The number of ether oxygens (including phenoxy) is 3. The van der Waals surface area contributed by atoms with Gasteiger partial charge in [-0.25, -0.2) is 9.59 Å². The minimum atomic E-state index is -0.835. The van der Waals surface area contributed by atoms with Crippen molar-refractivity contribution in [2.75, 3.05) is 13.7 Å². The Morgan fingerprint density at radius 1 is 0.973 bits per heavy atom. The second kappa shape index (κ2) is 17.2. The number of esters is 1. The van der Waals surface area contributed by atoms with Gasteiger partial charge in [-0.1, -0.05) is 54.9 Å². The monoisotopic (exact) mass is 511 g/mol. The van der Waals surface area contributed by atoms with Crippen LogP contribution in [-0.4, -0.2) is 31.8 Å². The lowest BCUT2D eigenvalue weighted by Crippen LogP contribution is -2.46. The summed E-state index contributed by atoms with van der Waals surface area (Å²) in [5.41, 5.74) is 4.88. The molecule has 0 saturated carbocycles. The van der Waals surface area contributed by atoms with E-state index in [9.17, 15) is 9.59 Å². The molecule has 1 amide bonds. The van der Waals surface area contributed by atoms with Gasteiger partial charge in [0.15, 0.2) is 11.5 Å². The standard InChI is InChI=1S/C31H45NO5/c1-9-12-26-17-18-27(28(21-26)35-8)37-31(34)32-29(23(4)5)30(33)36-20-19-25(7)16-11-15-24(6)14-10-13-22(2)3/h9,13,15,17-19,21,23,29H,1,10-12,14,16,20H2,2-8H3,(H,32,34)/b24-15+,25-19+/t29-/m0/s1. The maximum atomic E-state index is 12.7. The Balaban J connectivity index is 2.59. The number of rotatable bonds is 15. The van der Waals surface area contributed by atoms with Crippen molar-refractivity contribution in [1.29, 1.82) is 0 Å². The highest BCUT2D eigenvalue weighted by Gasteiger charge is 2.26. The normalized spacial score (nSPS) is 12.5. The molecule has 1 aromatic carbocycles. The first-order chi connectivity index (χ1) is 17.6. The van der Waals surface area contributed by atoms with E-state index in [0.29, 0.717) is 12.2 Å². The molecule has 0 fully saturated rings. The summed E-state index contributed by atoms with van der Waals surface area (Å²) < 4.78 is 16.2. The molecule has 0 aliphatic carbocycles. The van der Waals surface area contributed by atoms with E-state index in [1.807, 2.05) is 32.9 Å². The molecule has 0 aliphatic rings. The first-order valence-corrected chi connectivity index (χ1v) is 12.9. The lowest BCUT2D eigenvalue weighted by molar-refractivity contribution is -0.145. The Hall–Kier alpha value is -3.28. The highest BCUT2D eigenvalue weighted by Crippen LogP contribution is 2.28. The van der Waals surface area contributed by atoms with Gasteiger partial charge in [0, 0.05) is 0 Å². The summed E-state index contributed by atoms with van der Waals surface area (Å²) in [4.78, 5) is 25.2. The van der Waals surface area contributed by atoms with Gasteiger partial charge < -0.3 is 19.5 Å². The maximum Gasteiger partial charge on any atom is 0.413 e. The summed E-state index contributed by atoms with van der Waals surface area (Å²) in [5.74, 6) is 0.0148. The van der Waals surface area contributed by atoms with Crippen LogP contribution in [0.3, 0.4) is 0 Å². The van der Waals surface area contributed by atoms with Crippen LogP contribution in [0.15, 0.2) is 65.8 Å². The molecule has 0 aromatic heterocycles. The van der Waals surface area contributed by atoms with E-state index in [4.69, 9.17) is 14.2 Å². The fourth-order valence-corrected chi connectivity index (χ4v) is 3.54. The Morgan fingerprint density at radius 2 is 1.62 bits per heavy atom. The minimum Gasteiger partial charge on any atom is -0.493 e. The number of allylic oxidation sites excluding steroid dienone is 6. The fraction of sp³-hybridized carbons (Fsp3) is 0.484. The largest absolute Gasteiger partial charge is 0.493 e. The molecule has 0 bridgehead atoms. The summed E-state index contributed by atoms with van der Waals surface area (Å²) in [5, 5.41) is 2.62. The van der Waals surface area contributed by atoms with Crippen LogP contribution in [0.4, 0.5) is 4.79 Å². The van der Waals surface area contributed by atoms with E-state index in [2.05, 4.69) is 44.8 Å². The van der Waals surface area contributed by atoms with Crippen LogP contribution in [0.5, 0.6) is 11.5 Å². The van der Waals surface area contributed by atoms with Crippen molar-refractivity contribution in [2.24, 2.45) is 5.92 Å². The van der Waals surface area contributed by atoms with Crippen LogP contribution in [0, 0.1) is 5.92 Å². The zero-order chi connectivity index (χ0) is 27.8. The topological polar surface area (TPSA) is 73.9 Å². The number of benzene rings is 1. The molecule has 0 heterocycles. The second-order valence-electron chi connectivity index (χ2n) is 9.82. The van der Waals surface area contributed by atoms with Crippen molar-refractivity contribution in [3.63, 3.8) is 0 Å². The molecule has 1 aromatic rings. The third-order valence-corrected chi connectivity index (χ3v) is 5.78. The highest BCUT2D eigenvalue weighted by molar-refractivity contribution is 5.82.